The van der Waals surface area contributed by atoms with E-state index in [4.69, 9.17) is 28.4 Å². The fourth-order valence-electron chi connectivity index (χ4n) is 2.10. The van der Waals surface area contributed by atoms with Gasteiger partial charge in [0.1, 0.15) is 11.6 Å². The van der Waals surface area contributed by atoms with Crippen LogP contribution >= 0.6 is 12.2 Å². The molecule has 0 unspecified atom stereocenters. The molecule has 2 aromatic rings. The minimum absolute atomic E-state index is 0.0667. The molecule has 0 saturated carbocycles. The summed E-state index contributed by atoms with van der Waals surface area (Å²) in [5.41, 5.74) is 12.6. The minimum atomic E-state index is -0.471. The molecule has 0 bridgehead atoms. The molecular weight excluding hydrogens is 286 g/mol. The van der Waals surface area contributed by atoms with Crippen molar-refractivity contribution < 1.29 is 9.53 Å². The molecule has 21 heavy (non-hydrogen) atoms. The summed E-state index contributed by atoms with van der Waals surface area (Å²) in [5, 5.41) is 5.31. The van der Waals surface area contributed by atoms with Gasteiger partial charge in [-0.15, -0.1) is 0 Å². The van der Waals surface area contributed by atoms with Crippen molar-refractivity contribution in [1.82, 2.24) is 0 Å². The molecule has 5 nitrogen and oxygen atoms in total. The molecule has 0 aliphatic rings. The first-order valence-corrected chi connectivity index (χ1v) is 6.92. The summed E-state index contributed by atoms with van der Waals surface area (Å²) in [6.07, 6.45) is 0. The SMILES string of the molecule is NC(=O)COCCNc1ccc(C(N)=S)c2ccccc12. The fraction of sp³-hybridized carbons (Fsp3) is 0.200. The second kappa shape index (κ2) is 7.01. The van der Waals surface area contributed by atoms with E-state index in [9.17, 15) is 4.79 Å². The Bertz CT molecular complexity index is 673. The van der Waals surface area contributed by atoms with Crippen LogP contribution in [-0.2, 0) is 9.53 Å². The number of nitrogens with two attached hydrogens (primary N) is 2. The molecule has 110 valence electrons. The lowest BCUT2D eigenvalue weighted by Crippen LogP contribution is -2.20. The predicted octanol–water partition coefficient (Wildman–Crippen LogP) is 1.39. The highest BCUT2D eigenvalue weighted by Crippen LogP contribution is 2.26. The Morgan fingerprint density at radius 2 is 1.86 bits per heavy atom. The first kappa shape index (κ1) is 15.2. The van der Waals surface area contributed by atoms with Crippen molar-refractivity contribution in [2.24, 2.45) is 11.5 Å². The number of fused-ring (bicyclic) bond motifs is 1. The van der Waals surface area contributed by atoms with E-state index >= 15 is 0 Å². The molecule has 0 fully saturated rings. The van der Waals surface area contributed by atoms with E-state index in [1.54, 1.807) is 0 Å². The van der Waals surface area contributed by atoms with E-state index in [1.807, 2.05) is 36.4 Å². The third-order valence-corrected chi connectivity index (χ3v) is 3.22. The van der Waals surface area contributed by atoms with Crippen LogP contribution in [0.2, 0.25) is 0 Å². The van der Waals surface area contributed by atoms with Gasteiger partial charge in [-0.1, -0.05) is 36.5 Å². The summed E-state index contributed by atoms with van der Waals surface area (Å²) >= 11 is 5.07. The molecule has 6 heteroatoms. The Morgan fingerprint density at radius 3 is 2.52 bits per heavy atom. The summed E-state index contributed by atoms with van der Waals surface area (Å²) < 4.78 is 5.11. The predicted molar refractivity (Wildman–Crippen MR) is 88.3 cm³/mol. The first-order chi connectivity index (χ1) is 10.1. The quantitative estimate of drug-likeness (QED) is 0.531. The monoisotopic (exact) mass is 303 g/mol. The molecule has 1 amide bonds. The summed E-state index contributed by atoms with van der Waals surface area (Å²) in [6, 6.07) is 11.7. The Labute approximate surface area is 128 Å². The number of benzene rings is 2. The minimum Gasteiger partial charge on any atom is -0.389 e. The van der Waals surface area contributed by atoms with Crippen LogP contribution in [0.3, 0.4) is 0 Å². The molecule has 2 aromatic carbocycles. The maximum atomic E-state index is 10.6. The van der Waals surface area contributed by atoms with Gasteiger partial charge >= 0.3 is 0 Å². The van der Waals surface area contributed by atoms with Gasteiger partial charge in [-0.05, 0) is 17.5 Å². The second-order valence-electron chi connectivity index (χ2n) is 4.52. The molecule has 0 spiro atoms. The van der Waals surface area contributed by atoms with Gasteiger partial charge in [-0.3, -0.25) is 4.79 Å². The van der Waals surface area contributed by atoms with Gasteiger partial charge in [-0.25, -0.2) is 0 Å². The van der Waals surface area contributed by atoms with Gasteiger partial charge in [0.25, 0.3) is 0 Å². The van der Waals surface area contributed by atoms with Crippen LogP contribution in [0, 0.1) is 0 Å². The molecule has 0 aliphatic heterocycles. The van der Waals surface area contributed by atoms with E-state index in [2.05, 4.69) is 5.32 Å². The number of carbonyl (C=O) groups is 1. The van der Waals surface area contributed by atoms with Crippen LogP contribution in [0.5, 0.6) is 0 Å². The van der Waals surface area contributed by atoms with Crippen LogP contribution in [0.4, 0.5) is 5.69 Å². The smallest absolute Gasteiger partial charge is 0.243 e. The molecular formula is C15H17N3O2S. The number of amides is 1. The summed E-state index contributed by atoms with van der Waals surface area (Å²) in [4.78, 5) is 10.9. The zero-order chi connectivity index (χ0) is 15.2. The summed E-state index contributed by atoms with van der Waals surface area (Å²) in [6.45, 7) is 0.904. The van der Waals surface area contributed by atoms with Crippen LogP contribution < -0.4 is 16.8 Å². The first-order valence-electron chi connectivity index (χ1n) is 6.51. The van der Waals surface area contributed by atoms with E-state index in [0.29, 0.717) is 18.1 Å². The highest BCUT2D eigenvalue weighted by Gasteiger charge is 2.07. The molecule has 0 heterocycles. The van der Waals surface area contributed by atoms with Crippen LogP contribution in [-0.4, -0.2) is 30.7 Å². The lowest BCUT2D eigenvalue weighted by Gasteiger charge is -2.12. The number of ether oxygens (including phenoxy) is 1. The normalized spacial score (nSPS) is 10.5. The molecule has 2 rings (SSSR count). The van der Waals surface area contributed by atoms with E-state index in [0.717, 1.165) is 22.0 Å². The maximum Gasteiger partial charge on any atom is 0.243 e. The Balaban J connectivity index is 2.12. The Morgan fingerprint density at radius 1 is 1.14 bits per heavy atom. The number of nitrogens with one attached hydrogen (secondary N) is 1. The van der Waals surface area contributed by atoms with Crippen molar-refractivity contribution in [2.45, 2.75) is 0 Å². The molecule has 0 aliphatic carbocycles. The van der Waals surface area contributed by atoms with Crippen molar-refractivity contribution in [2.75, 3.05) is 25.1 Å². The van der Waals surface area contributed by atoms with Gasteiger partial charge in [0.2, 0.25) is 5.91 Å². The van der Waals surface area contributed by atoms with Gasteiger partial charge in [0.05, 0.1) is 6.61 Å². The number of hydrogen-bond acceptors (Lipinski definition) is 4. The number of rotatable bonds is 7. The largest absolute Gasteiger partial charge is 0.389 e. The Kier molecular flexibility index (Phi) is 5.08. The number of primary amides is 1. The van der Waals surface area contributed by atoms with Crippen molar-refractivity contribution in [1.29, 1.82) is 0 Å². The number of anilines is 1. The molecule has 5 N–H and O–H groups in total. The van der Waals surface area contributed by atoms with Gasteiger partial charge < -0.3 is 21.5 Å². The molecule has 0 radical (unpaired) electrons. The number of hydrogen-bond donors (Lipinski definition) is 3. The lowest BCUT2D eigenvalue weighted by atomic mass is 10.0. The highest BCUT2D eigenvalue weighted by atomic mass is 32.1. The van der Waals surface area contributed by atoms with Crippen LogP contribution in [0.1, 0.15) is 5.56 Å². The van der Waals surface area contributed by atoms with Crippen molar-refractivity contribution in [3.8, 4) is 0 Å². The molecule has 0 atom stereocenters. The van der Waals surface area contributed by atoms with Crippen LogP contribution in [0.15, 0.2) is 36.4 Å². The van der Waals surface area contributed by atoms with E-state index < -0.39 is 5.91 Å². The zero-order valence-electron chi connectivity index (χ0n) is 11.5. The zero-order valence-corrected chi connectivity index (χ0v) is 12.3. The Hall–Kier alpha value is -2.18. The van der Waals surface area contributed by atoms with E-state index in [-0.39, 0.29) is 6.61 Å². The standard InChI is InChI=1S/C15H17N3O2S/c16-14(19)9-20-8-7-18-13-6-5-12(15(17)21)10-3-1-2-4-11(10)13/h1-6,18H,7-9H2,(H2,16,19)(H2,17,21). The van der Waals surface area contributed by atoms with Gasteiger partial charge in [0, 0.05) is 23.2 Å². The van der Waals surface area contributed by atoms with E-state index in [1.165, 1.54) is 0 Å². The number of thiocarbonyl (C=S) groups is 1. The topological polar surface area (TPSA) is 90.4 Å². The van der Waals surface area contributed by atoms with Gasteiger partial charge in [-0.2, -0.15) is 0 Å². The average molecular weight is 303 g/mol. The fourth-order valence-corrected chi connectivity index (χ4v) is 2.28. The highest BCUT2D eigenvalue weighted by molar-refractivity contribution is 7.80. The van der Waals surface area contributed by atoms with Crippen molar-refractivity contribution >= 4 is 39.6 Å². The van der Waals surface area contributed by atoms with Crippen LogP contribution in [0.25, 0.3) is 10.8 Å². The lowest BCUT2D eigenvalue weighted by molar-refractivity contribution is -0.122. The second-order valence-corrected chi connectivity index (χ2v) is 4.96. The van der Waals surface area contributed by atoms with Crippen molar-refractivity contribution in [3.63, 3.8) is 0 Å². The third kappa shape index (κ3) is 3.90. The van der Waals surface area contributed by atoms with Gasteiger partial charge in [0.15, 0.2) is 0 Å². The number of carbonyl (C=O) groups excluding carboxylic acids is 1. The molecule has 0 aromatic heterocycles. The van der Waals surface area contributed by atoms with Crippen molar-refractivity contribution in [3.05, 3.63) is 42.0 Å². The average Bonchev–Trinajstić information content (AvgIpc) is 2.46. The molecule has 0 saturated heterocycles. The summed E-state index contributed by atoms with van der Waals surface area (Å²) in [5.74, 6) is -0.471. The summed E-state index contributed by atoms with van der Waals surface area (Å²) in [7, 11) is 0. The maximum absolute atomic E-state index is 10.6. The third-order valence-electron chi connectivity index (χ3n) is 3.00.